The lowest BCUT2D eigenvalue weighted by Gasteiger charge is -2.24. The van der Waals surface area contributed by atoms with Crippen LogP contribution in [0.3, 0.4) is 0 Å². The lowest BCUT2D eigenvalue weighted by Crippen LogP contribution is -2.36. The third kappa shape index (κ3) is 3.46. The second-order valence-electron chi connectivity index (χ2n) is 4.34. The molecule has 0 saturated heterocycles. The average Bonchev–Trinajstić information content (AvgIpc) is 3.07. The highest BCUT2D eigenvalue weighted by Crippen LogP contribution is 2.35. The van der Waals surface area contributed by atoms with Crippen LogP contribution in [0.15, 0.2) is 12.1 Å². The lowest BCUT2D eigenvalue weighted by atomic mass is 10.3. The molecule has 1 fully saturated rings. The minimum absolute atomic E-state index is 0.105. The minimum Gasteiger partial charge on any atom is -0.383 e. The van der Waals surface area contributed by atoms with E-state index < -0.39 is 17.6 Å². The topological polar surface area (TPSA) is 85.3 Å². The Labute approximate surface area is 106 Å². The molecule has 104 valence electrons. The van der Waals surface area contributed by atoms with Crippen LogP contribution in [-0.4, -0.2) is 28.7 Å². The summed E-state index contributed by atoms with van der Waals surface area (Å²) < 4.78 is 37.5. The van der Waals surface area contributed by atoms with Gasteiger partial charge in [-0.3, -0.25) is 10.1 Å². The summed E-state index contributed by atoms with van der Waals surface area (Å²) in [6.45, 7) is -1.19. The fraction of sp³-hybridized carbons (Fsp3) is 0.500. The van der Waals surface area contributed by atoms with Crippen LogP contribution in [-0.2, 0) is 0 Å². The van der Waals surface area contributed by atoms with Gasteiger partial charge < -0.3 is 10.6 Å². The smallest absolute Gasteiger partial charge is 0.383 e. The van der Waals surface area contributed by atoms with Gasteiger partial charge in [-0.25, -0.2) is 4.98 Å². The van der Waals surface area contributed by atoms with Crippen molar-refractivity contribution in [3.8, 4) is 0 Å². The Morgan fingerprint density at radius 3 is 2.58 bits per heavy atom. The van der Waals surface area contributed by atoms with Crippen molar-refractivity contribution in [2.24, 2.45) is 0 Å². The Balaban J connectivity index is 2.33. The Hall–Kier alpha value is -2.06. The maximum atomic E-state index is 12.5. The van der Waals surface area contributed by atoms with Crippen LogP contribution in [0, 0.1) is 10.1 Å². The van der Waals surface area contributed by atoms with Gasteiger partial charge >= 0.3 is 6.18 Å². The average molecular weight is 276 g/mol. The zero-order valence-electron chi connectivity index (χ0n) is 9.72. The summed E-state index contributed by atoms with van der Waals surface area (Å²) in [7, 11) is 0. The van der Waals surface area contributed by atoms with E-state index in [4.69, 9.17) is 5.73 Å². The number of nitrogens with two attached hydrogens (primary N) is 1. The number of nitro groups is 1. The van der Waals surface area contributed by atoms with Gasteiger partial charge in [-0.2, -0.15) is 13.2 Å². The minimum atomic E-state index is -4.40. The highest BCUT2D eigenvalue weighted by Gasteiger charge is 2.39. The predicted octanol–water partition coefficient (Wildman–Crippen LogP) is 2.10. The van der Waals surface area contributed by atoms with E-state index in [0.29, 0.717) is 12.8 Å². The number of hydrogen-bond acceptors (Lipinski definition) is 5. The van der Waals surface area contributed by atoms with Crippen LogP contribution in [0.5, 0.6) is 0 Å². The SMILES string of the molecule is Nc1cc([N+](=O)[O-])cc(N(CC(F)(F)F)C2CC2)n1. The number of nitrogens with zero attached hydrogens (tertiary/aromatic N) is 3. The maximum Gasteiger partial charge on any atom is 0.405 e. The number of hydrogen-bond donors (Lipinski definition) is 1. The fourth-order valence-electron chi connectivity index (χ4n) is 1.75. The molecule has 0 atom stereocenters. The van der Waals surface area contributed by atoms with E-state index >= 15 is 0 Å². The first-order valence-corrected chi connectivity index (χ1v) is 5.51. The van der Waals surface area contributed by atoms with Gasteiger partial charge in [0.2, 0.25) is 0 Å². The van der Waals surface area contributed by atoms with Crippen molar-refractivity contribution >= 4 is 17.3 Å². The second kappa shape index (κ2) is 4.56. The highest BCUT2D eigenvalue weighted by molar-refractivity contribution is 5.55. The van der Waals surface area contributed by atoms with Crippen LogP contribution in [0.2, 0.25) is 0 Å². The van der Waals surface area contributed by atoms with Crippen LogP contribution in [0.1, 0.15) is 12.8 Å². The van der Waals surface area contributed by atoms with Gasteiger partial charge in [0.15, 0.2) is 0 Å². The molecule has 1 aromatic rings. The van der Waals surface area contributed by atoms with Crippen molar-refractivity contribution in [3.63, 3.8) is 0 Å². The van der Waals surface area contributed by atoms with Crippen LogP contribution >= 0.6 is 0 Å². The molecule has 2 N–H and O–H groups in total. The number of aromatic nitrogens is 1. The first-order valence-electron chi connectivity index (χ1n) is 5.51. The van der Waals surface area contributed by atoms with E-state index in [-0.39, 0.29) is 23.4 Å². The third-order valence-electron chi connectivity index (χ3n) is 2.66. The molecule has 0 unspecified atom stereocenters. The zero-order valence-corrected chi connectivity index (χ0v) is 9.72. The summed E-state index contributed by atoms with van der Waals surface area (Å²) in [4.78, 5) is 14.8. The zero-order chi connectivity index (χ0) is 14.2. The summed E-state index contributed by atoms with van der Waals surface area (Å²) in [6.07, 6.45) is -3.18. The van der Waals surface area contributed by atoms with Crippen molar-refractivity contribution in [2.75, 3.05) is 17.2 Å². The Morgan fingerprint density at radius 1 is 1.47 bits per heavy atom. The molecule has 1 saturated carbocycles. The number of pyridine rings is 1. The number of alkyl halides is 3. The Bertz CT molecular complexity index is 502. The molecule has 0 spiro atoms. The molecule has 0 aliphatic heterocycles. The van der Waals surface area contributed by atoms with Crippen molar-refractivity contribution in [2.45, 2.75) is 25.1 Å². The molecule has 0 bridgehead atoms. The van der Waals surface area contributed by atoms with Gasteiger partial charge in [-0.05, 0) is 12.8 Å². The summed E-state index contributed by atoms with van der Waals surface area (Å²) in [5, 5.41) is 10.7. The van der Waals surface area contributed by atoms with Crippen molar-refractivity contribution in [1.82, 2.24) is 4.98 Å². The largest absolute Gasteiger partial charge is 0.405 e. The normalized spacial score (nSPS) is 15.3. The summed E-state index contributed by atoms with van der Waals surface area (Å²) >= 11 is 0. The van der Waals surface area contributed by atoms with Gasteiger partial charge in [0.25, 0.3) is 5.69 Å². The van der Waals surface area contributed by atoms with E-state index in [1.54, 1.807) is 0 Å². The van der Waals surface area contributed by atoms with Gasteiger partial charge in [0.05, 0.1) is 17.1 Å². The molecule has 2 rings (SSSR count). The molecule has 1 aliphatic carbocycles. The van der Waals surface area contributed by atoms with E-state index in [0.717, 1.165) is 17.0 Å². The molecule has 9 heteroatoms. The predicted molar refractivity (Wildman–Crippen MR) is 61.7 cm³/mol. The molecular weight excluding hydrogens is 265 g/mol. The van der Waals surface area contributed by atoms with Gasteiger partial charge in [0.1, 0.15) is 18.2 Å². The number of rotatable bonds is 4. The maximum absolute atomic E-state index is 12.5. The molecule has 1 heterocycles. The van der Waals surface area contributed by atoms with E-state index in [2.05, 4.69) is 4.98 Å². The van der Waals surface area contributed by atoms with E-state index in [9.17, 15) is 23.3 Å². The summed E-state index contributed by atoms with van der Waals surface area (Å²) in [6, 6.07) is 1.75. The van der Waals surface area contributed by atoms with Crippen molar-refractivity contribution in [3.05, 3.63) is 22.2 Å². The molecule has 1 aliphatic rings. The number of anilines is 2. The molecule has 0 radical (unpaired) electrons. The molecule has 1 aromatic heterocycles. The first kappa shape index (κ1) is 13.4. The lowest BCUT2D eigenvalue weighted by molar-refractivity contribution is -0.384. The van der Waals surface area contributed by atoms with Crippen LogP contribution in [0.25, 0.3) is 0 Å². The molecule has 6 nitrogen and oxygen atoms in total. The molecule has 0 amide bonds. The monoisotopic (exact) mass is 276 g/mol. The van der Waals surface area contributed by atoms with Crippen molar-refractivity contribution in [1.29, 1.82) is 0 Å². The standard InChI is InChI=1S/C10H11F3N4O2/c11-10(12,13)5-16(6-1-2-6)9-4-7(17(18)19)3-8(14)15-9/h3-4,6H,1-2,5H2,(H2,14,15). The van der Waals surface area contributed by atoms with Gasteiger partial charge in [-0.15, -0.1) is 0 Å². The second-order valence-corrected chi connectivity index (χ2v) is 4.34. The Kier molecular flexibility index (Phi) is 3.21. The third-order valence-corrected chi connectivity index (χ3v) is 2.66. The fourth-order valence-corrected chi connectivity index (χ4v) is 1.75. The quantitative estimate of drug-likeness (QED) is 0.672. The Morgan fingerprint density at radius 2 is 2.11 bits per heavy atom. The van der Waals surface area contributed by atoms with Crippen molar-refractivity contribution < 1.29 is 18.1 Å². The van der Waals surface area contributed by atoms with E-state index in [1.165, 1.54) is 0 Å². The van der Waals surface area contributed by atoms with Gasteiger partial charge in [0, 0.05) is 6.04 Å². The van der Waals surface area contributed by atoms with E-state index in [1.807, 2.05) is 0 Å². The first-order chi connectivity index (χ1) is 8.76. The molecule has 0 aromatic carbocycles. The molecular formula is C10H11F3N4O2. The highest BCUT2D eigenvalue weighted by atomic mass is 19.4. The molecule has 19 heavy (non-hydrogen) atoms. The van der Waals surface area contributed by atoms with Crippen LogP contribution < -0.4 is 10.6 Å². The van der Waals surface area contributed by atoms with Crippen LogP contribution in [0.4, 0.5) is 30.5 Å². The van der Waals surface area contributed by atoms with Gasteiger partial charge in [-0.1, -0.05) is 0 Å². The summed E-state index contributed by atoms with van der Waals surface area (Å²) in [5.41, 5.74) is 5.03. The number of nitrogen functional groups attached to an aromatic ring is 1. The summed E-state index contributed by atoms with van der Waals surface area (Å²) in [5.74, 6) is -0.274. The number of halogens is 3.